The molecule has 0 radical (unpaired) electrons. The van der Waals surface area contributed by atoms with Gasteiger partial charge in [0.05, 0.1) is 42.2 Å². The van der Waals surface area contributed by atoms with E-state index in [1.807, 2.05) is 55.5 Å². The normalized spacial score (nSPS) is 16.5. The van der Waals surface area contributed by atoms with Crippen molar-refractivity contribution in [1.29, 1.82) is 10.5 Å². The van der Waals surface area contributed by atoms with Crippen LogP contribution >= 0.6 is 11.6 Å². The van der Waals surface area contributed by atoms with Crippen molar-refractivity contribution in [2.75, 3.05) is 0 Å². The van der Waals surface area contributed by atoms with Crippen LogP contribution < -0.4 is 0 Å². The number of ether oxygens (including phenoxy) is 1. The summed E-state index contributed by atoms with van der Waals surface area (Å²) in [5.74, 6) is 1.26. The Hall–Kier alpha value is -3.64. The maximum absolute atomic E-state index is 8.97. The number of halogens is 1. The number of rotatable bonds is 7. The van der Waals surface area contributed by atoms with Crippen LogP contribution in [0.2, 0.25) is 5.02 Å². The molecule has 5 nitrogen and oxygen atoms in total. The Bertz CT molecular complexity index is 1150. The fourth-order valence-electron chi connectivity index (χ4n) is 3.79. The molecule has 2 atom stereocenters. The molecule has 1 aliphatic carbocycles. The lowest BCUT2D eigenvalue weighted by Crippen LogP contribution is -1.98. The van der Waals surface area contributed by atoms with Crippen LogP contribution in [0, 0.1) is 28.6 Å². The van der Waals surface area contributed by atoms with Crippen molar-refractivity contribution < 1.29 is 9.94 Å². The van der Waals surface area contributed by atoms with Crippen LogP contribution in [0.5, 0.6) is 0 Å². The first-order chi connectivity index (χ1) is 16.5. The van der Waals surface area contributed by atoms with Crippen molar-refractivity contribution in [2.45, 2.75) is 38.9 Å². The lowest BCUT2D eigenvalue weighted by atomic mass is 10.1. The van der Waals surface area contributed by atoms with Crippen LogP contribution in [0.3, 0.4) is 0 Å². The summed E-state index contributed by atoms with van der Waals surface area (Å²) in [6.45, 7) is 2.59. The van der Waals surface area contributed by atoms with Gasteiger partial charge < -0.3 is 9.94 Å². The first kappa shape index (κ1) is 25.0. The molecular formula is C28H26ClN3O2. The third-order valence-corrected chi connectivity index (χ3v) is 5.99. The SMILES string of the molecule is C/C(CC1CC1c1ccc(Cl)cc1)=N\O.N#Cc1ccccc1COCc1ccccc1C#N. The molecule has 1 fully saturated rings. The molecule has 4 rings (SSSR count). The second-order valence-electron chi connectivity index (χ2n) is 8.22. The van der Waals surface area contributed by atoms with Gasteiger partial charge >= 0.3 is 0 Å². The molecule has 172 valence electrons. The maximum atomic E-state index is 8.97. The number of hydrogen-bond donors (Lipinski definition) is 1. The van der Waals surface area contributed by atoms with E-state index in [1.165, 1.54) is 12.0 Å². The van der Waals surface area contributed by atoms with E-state index in [4.69, 9.17) is 32.1 Å². The smallest absolute Gasteiger partial charge is 0.0995 e. The lowest BCUT2D eigenvalue weighted by molar-refractivity contribution is 0.107. The number of oxime groups is 1. The van der Waals surface area contributed by atoms with E-state index in [2.05, 4.69) is 29.4 Å². The van der Waals surface area contributed by atoms with Gasteiger partial charge in [-0.25, -0.2) is 0 Å². The second-order valence-corrected chi connectivity index (χ2v) is 8.66. The van der Waals surface area contributed by atoms with E-state index in [1.54, 1.807) is 12.1 Å². The van der Waals surface area contributed by atoms with Crippen molar-refractivity contribution in [2.24, 2.45) is 11.1 Å². The van der Waals surface area contributed by atoms with E-state index in [0.717, 1.165) is 28.3 Å². The zero-order valence-corrected chi connectivity index (χ0v) is 19.7. The van der Waals surface area contributed by atoms with Crippen LogP contribution in [-0.4, -0.2) is 10.9 Å². The van der Waals surface area contributed by atoms with Crippen LogP contribution in [0.15, 0.2) is 78.0 Å². The summed E-state index contributed by atoms with van der Waals surface area (Å²) in [6.07, 6.45) is 2.08. The molecule has 1 aliphatic rings. The lowest BCUT2D eigenvalue weighted by Gasteiger charge is -2.07. The van der Waals surface area contributed by atoms with Crippen LogP contribution in [0.4, 0.5) is 0 Å². The van der Waals surface area contributed by atoms with Crippen molar-refractivity contribution in [3.8, 4) is 12.1 Å². The van der Waals surface area contributed by atoms with Crippen molar-refractivity contribution in [3.05, 3.63) is 106 Å². The Balaban J connectivity index is 0.000000196. The van der Waals surface area contributed by atoms with Gasteiger partial charge in [0.2, 0.25) is 0 Å². The minimum Gasteiger partial charge on any atom is -0.411 e. The topological polar surface area (TPSA) is 89.4 Å². The number of nitrogens with zero attached hydrogens (tertiary/aromatic N) is 3. The molecular weight excluding hydrogens is 446 g/mol. The second kappa shape index (κ2) is 12.6. The van der Waals surface area contributed by atoms with Crippen LogP contribution in [0.1, 0.15) is 53.5 Å². The van der Waals surface area contributed by atoms with E-state index >= 15 is 0 Å². The summed E-state index contributed by atoms with van der Waals surface area (Å²) in [7, 11) is 0. The molecule has 0 heterocycles. The highest BCUT2D eigenvalue weighted by atomic mass is 35.5. The maximum Gasteiger partial charge on any atom is 0.0995 e. The van der Waals surface area contributed by atoms with Gasteiger partial charge in [0.1, 0.15) is 0 Å². The third-order valence-electron chi connectivity index (χ3n) is 5.74. The molecule has 0 amide bonds. The molecule has 0 bridgehead atoms. The highest BCUT2D eigenvalue weighted by Crippen LogP contribution is 2.49. The van der Waals surface area contributed by atoms with Gasteiger partial charge in [-0.1, -0.05) is 65.3 Å². The van der Waals surface area contributed by atoms with Crippen molar-refractivity contribution in [3.63, 3.8) is 0 Å². The van der Waals surface area contributed by atoms with Crippen LogP contribution in [-0.2, 0) is 18.0 Å². The van der Waals surface area contributed by atoms with E-state index in [0.29, 0.717) is 36.2 Å². The molecule has 0 aromatic heterocycles. The summed E-state index contributed by atoms with van der Waals surface area (Å²) in [4.78, 5) is 0. The minimum absolute atomic E-state index is 0.365. The summed E-state index contributed by atoms with van der Waals surface area (Å²) >= 11 is 5.83. The standard InChI is InChI=1S/C16H12N2O.C12H14ClNO/c17-9-13-5-1-3-7-15(13)11-19-12-16-8-4-2-6-14(16)10-18;1-8(14-15)6-10-7-12(10)9-2-4-11(13)5-3-9/h1-8H,11-12H2;2-5,10,12,15H,6-7H2,1H3/b;14-8+. The Labute approximate surface area is 205 Å². The van der Waals surface area contributed by atoms with Crippen molar-refractivity contribution >= 4 is 17.3 Å². The molecule has 0 spiro atoms. The van der Waals surface area contributed by atoms with E-state index < -0.39 is 0 Å². The molecule has 1 N–H and O–H groups in total. The Morgan fingerprint density at radius 3 is 1.97 bits per heavy atom. The van der Waals surface area contributed by atoms with Gasteiger partial charge in [-0.05, 0) is 72.6 Å². The average Bonchev–Trinajstić information content (AvgIpc) is 3.64. The van der Waals surface area contributed by atoms with Gasteiger partial charge in [-0.15, -0.1) is 0 Å². The average molecular weight is 472 g/mol. The monoisotopic (exact) mass is 471 g/mol. The molecule has 34 heavy (non-hydrogen) atoms. The zero-order chi connectivity index (χ0) is 24.3. The van der Waals surface area contributed by atoms with Gasteiger partial charge in [0, 0.05) is 5.02 Å². The third kappa shape index (κ3) is 7.18. The number of nitriles is 2. The number of benzene rings is 3. The summed E-state index contributed by atoms with van der Waals surface area (Å²) in [5.41, 5.74) is 5.12. The highest BCUT2D eigenvalue weighted by Gasteiger charge is 2.38. The quantitative estimate of drug-likeness (QED) is 0.232. The molecule has 0 aliphatic heterocycles. The molecule has 3 aromatic rings. The highest BCUT2D eigenvalue weighted by molar-refractivity contribution is 6.30. The molecule has 1 saturated carbocycles. The Morgan fingerprint density at radius 1 is 0.941 bits per heavy atom. The van der Waals surface area contributed by atoms with E-state index in [9.17, 15) is 0 Å². The number of hydrogen-bond acceptors (Lipinski definition) is 5. The molecule has 2 unspecified atom stereocenters. The summed E-state index contributed by atoms with van der Waals surface area (Å²) in [5, 5.41) is 30.5. The van der Waals surface area contributed by atoms with Gasteiger partial charge in [-0.3, -0.25) is 0 Å². The zero-order valence-electron chi connectivity index (χ0n) is 19.0. The first-order valence-electron chi connectivity index (χ1n) is 11.0. The largest absolute Gasteiger partial charge is 0.411 e. The molecule has 3 aromatic carbocycles. The predicted octanol–water partition coefficient (Wildman–Crippen LogP) is 6.83. The van der Waals surface area contributed by atoms with Gasteiger partial charge in [0.25, 0.3) is 0 Å². The molecule has 6 heteroatoms. The van der Waals surface area contributed by atoms with Gasteiger partial charge in [0.15, 0.2) is 0 Å². The van der Waals surface area contributed by atoms with Crippen molar-refractivity contribution in [1.82, 2.24) is 0 Å². The summed E-state index contributed by atoms with van der Waals surface area (Å²) in [6, 6.07) is 27.0. The fraction of sp³-hybridized carbons (Fsp3) is 0.250. The fourth-order valence-corrected chi connectivity index (χ4v) is 3.92. The minimum atomic E-state index is 0.365. The Morgan fingerprint density at radius 2 is 1.47 bits per heavy atom. The van der Waals surface area contributed by atoms with Gasteiger partial charge in [-0.2, -0.15) is 10.5 Å². The first-order valence-corrected chi connectivity index (χ1v) is 11.4. The molecule has 0 saturated heterocycles. The predicted molar refractivity (Wildman–Crippen MR) is 133 cm³/mol. The Kier molecular flexibility index (Phi) is 9.23. The van der Waals surface area contributed by atoms with E-state index in [-0.39, 0.29) is 0 Å². The van der Waals surface area contributed by atoms with Crippen LogP contribution in [0.25, 0.3) is 0 Å². The summed E-state index contributed by atoms with van der Waals surface area (Å²) < 4.78 is 5.59.